The zero-order valence-corrected chi connectivity index (χ0v) is 13.5. The van der Waals surface area contributed by atoms with E-state index in [4.69, 9.17) is 11.6 Å². The van der Waals surface area contributed by atoms with E-state index in [0.717, 1.165) is 26.8 Å². The number of aromatic nitrogens is 2. The molecule has 0 saturated heterocycles. The van der Waals surface area contributed by atoms with E-state index in [1.807, 2.05) is 31.2 Å². The summed E-state index contributed by atoms with van der Waals surface area (Å²) in [5.74, 6) is 1.50. The minimum Gasteiger partial charge on any atom is -0.354 e. The first kappa shape index (κ1) is 14.6. The summed E-state index contributed by atoms with van der Waals surface area (Å²) in [6.45, 7) is 2.83. The van der Waals surface area contributed by atoms with Crippen molar-refractivity contribution in [2.45, 2.75) is 17.7 Å². The maximum absolute atomic E-state index is 5.87. The van der Waals surface area contributed by atoms with Gasteiger partial charge in [0.25, 0.3) is 0 Å². The normalized spacial score (nSPS) is 10.5. The molecule has 1 aromatic carbocycles. The quantitative estimate of drug-likeness (QED) is 0.625. The zero-order valence-electron chi connectivity index (χ0n) is 10.4. The van der Waals surface area contributed by atoms with Crippen LogP contribution in [0.5, 0.6) is 0 Å². The number of hydrogen-bond acceptors (Lipinski definition) is 4. The molecular formula is C13H13BrClN3S. The van der Waals surface area contributed by atoms with Gasteiger partial charge in [0.2, 0.25) is 5.95 Å². The predicted molar refractivity (Wildman–Crippen MR) is 84.9 cm³/mol. The highest BCUT2D eigenvalue weighted by Gasteiger charge is 2.06. The maximum atomic E-state index is 5.87. The average molecular weight is 359 g/mol. The molecular weight excluding hydrogens is 346 g/mol. The predicted octanol–water partition coefficient (Wildman–Crippen LogP) is 4.62. The van der Waals surface area contributed by atoms with E-state index in [-0.39, 0.29) is 0 Å². The molecule has 1 aromatic heterocycles. The highest BCUT2D eigenvalue weighted by atomic mass is 79.9. The van der Waals surface area contributed by atoms with Crippen molar-refractivity contribution in [3.63, 3.8) is 0 Å². The Morgan fingerprint density at radius 1 is 1.32 bits per heavy atom. The van der Waals surface area contributed by atoms with E-state index in [2.05, 4.69) is 31.2 Å². The van der Waals surface area contributed by atoms with Gasteiger partial charge in [0.15, 0.2) is 0 Å². The third-order valence-corrected chi connectivity index (χ3v) is 4.49. The lowest BCUT2D eigenvalue weighted by atomic mass is 10.2. The van der Waals surface area contributed by atoms with Crippen molar-refractivity contribution in [1.29, 1.82) is 0 Å². The van der Waals surface area contributed by atoms with E-state index >= 15 is 0 Å². The van der Waals surface area contributed by atoms with E-state index in [1.54, 1.807) is 18.0 Å². The van der Waals surface area contributed by atoms with Gasteiger partial charge in [-0.2, -0.15) is 0 Å². The minimum atomic E-state index is 0.657. The van der Waals surface area contributed by atoms with Crippen LogP contribution in [-0.4, -0.2) is 16.5 Å². The van der Waals surface area contributed by atoms with Crippen molar-refractivity contribution >= 4 is 45.2 Å². The molecule has 1 heterocycles. The molecule has 0 amide bonds. The Kier molecular flexibility index (Phi) is 5.48. The Morgan fingerprint density at radius 2 is 2.05 bits per heavy atom. The summed E-state index contributed by atoms with van der Waals surface area (Å²) < 4.78 is 0.910. The van der Waals surface area contributed by atoms with Crippen molar-refractivity contribution in [1.82, 2.24) is 9.97 Å². The third kappa shape index (κ3) is 4.37. The van der Waals surface area contributed by atoms with Gasteiger partial charge in [-0.15, -0.1) is 11.8 Å². The molecule has 0 aliphatic rings. The van der Waals surface area contributed by atoms with Crippen LogP contribution in [0.1, 0.15) is 12.5 Å². The average Bonchev–Trinajstić information content (AvgIpc) is 2.41. The molecule has 100 valence electrons. The Labute approximate surface area is 130 Å². The van der Waals surface area contributed by atoms with Gasteiger partial charge in [-0.05, 0) is 40.5 Å². The molecule has 0 aliphatic carbocycles. The number of thioether (sulfide) groups is 1. The first-order valence-corrected chi connectivity index (χ1v) is 7.98. The molecule has 19 heavy (non-hydrogen) atoms. The number of halogens is 2. The van der Waals surface area contributed by atoms with Gasteiger partial charge in [0.1, 0.15) is 5.03 Å². The van der Waals surface area contributed by atoms with E-state index in [9.17, 15) is 0 Å². The van der Waals surface area contributed by atoms with Crippen LogP contribution >= 0.6 is 39.3 Å². The van der Waals surface area contributed by atoms with E-state index in [1.165, 1.54) is 5.56 Å². The van der Waals surface area contributed by atoms with Crippen molar-refractivity contribution < 1.29 is 0 Å². The van der Waals surface area contributed by atoms with Crippen molar-refractivity contribution in [2.75, 3.05) is 11.9 Å². The number of rotatable bonds is 5. The van der Waals surface area contributed by atoms with Crippen LogP contribution in [0, 0.1) is 0 Å². The number of nitrogens with one attached hydrogen (secondary N) is 1. The van der Waals surface area contributed by atoms with Crippen LogP contribution in [0.15, 0.2) is 40.0 Å². The fourth-order valence-corrected chi connectivity index (χ4v) is 2.93. The molecule has 3 nitrogen and oxygen atoms in total. The van der Waals surface area contributed by atoms with Gasteiger partial charge in [0, 0.05) is 23.5 Å². The van der Waals surface area contributed by atoms with E-state index < -0.39 is 0 Å². The molecule has 0 unspecified atom stereocenters. The molecule has 2 aromatic rings. The molecule has 0 aliphatic heterocycles. The Hall–Kier alpha value is -0.780. The van der Waals surface area contributed by atoms with E-state index in [0.29, 0.717) is 5.95 Å². The molecule has 1 N–H and O–H groups in total. The maximum Gasteiger partial charge on any atom is 0.223 e. The second-order valence-corrected chi connectivity index (χ2v) is 6.05. The van der Waals surface area contributed by atoms with Gasteiger partial charge >= 0.3 is 0 Å². The molecule has 6 heteroatoms. The smallest absolute Gasteiger partial charge is 0.223 e. The van der Waals surface area contributed by atoms with Crippen LogP contribution in [-0.2, 0) is 5.75 Å². The van der Waals surface area contributed by atoms with Crippen molar-refractivity contribution in [3.8, 4) is 0 Å². The summed E-state index contributed by atoms with van der Waals surface area (Å²) in [7, 11) is 0. The van der Waals surface area contributed by atoms with Crippen LogP contribution < -0.4 is 5.32 Å². The number of hydrogen-bond donors (Lipinski definition) is 1. The Balaban J connectivity index is 2.05. The van der Waals surface area contributed by atoms with Gasteiger partial charge in [0.05, 0.1) is 4.47 Å². The van der Waals surface area contributed by atoms with Crippen LogP contribution in [0.25, 0.3) is 0 Å². The minimum absolute atomic E-state index is 0.657. The monoisotopic (exact) mass is 357 g/mol. The van der Waals surface area contributed by atoms with Crippen LogP contribution in [0.3, 0.4) is 0 Å². The fraction of sp³-hybridized carbons (Fsp3) is 0.231. The first-order chi connectivity index (χ1) is 9.19. The molecule has 0 bridgehead atoms. The highest BCUT2D eigenvalue weighted by Crippen LogP contribution is 2.28. The third-order valence-electron chi connectivity index (χ3n) is 2.34. The topological polar surface area (TPSA) is 37.8 Å². The summed E-state index contributed by atoms with van der Waals surface area (Å²) in [5.41, 5.74) is 1.21. The molecule has 0 spiro atoms. The van der Waals surface area contributed by atoms with Gasteiger partial charge in [-0.1, -0.05) is 23.7 Å². The van der Waals surface area contributed by atoms with Crippen LogP contribution in [0.4, 0.5) is 5.95 Å². The summed E-state index contributed by atoms with van der Waals surface area (Å²) in [6, 6.07) is 7.85. The molecule has 0 atom stereocenters. The Bertz CT molecular complexity index is 548. The molecule has 0 saturated carbocycles. The lowest BCUT2D eigenvalue weighted by molar-refractivity contribution is 0.999. The van der Waals surface area contributed by atoms with Crippen molar-refractivity contribution in [2.24, 2.45) is 0 Å². The fourth-order valence-electron chi connectivity index (χ4n) is 1.43. The lowest BCUT2D eigenvalue weighted by Crippen LogP contribution is -2.02. The van der Waals surface area contributed by atoms with Gasteiger partial charge in [-0.25, -0.2) is 9.97 Å². The number of anilines is 1. The second-order valence-electron chi connectivity index (χ2n) is 3.79. The summed E-state index contributed by atoms with van der Waals surface area (Å²) >= 11 is 11.0. The first-order valence-electron chi connectivity index (χ1n) is 5.82. The van der Waals surface area contributed by atoms with Gasteiger partial charge < -0.3 is 5.32 Å². The highest BCUT2D eigenvalue weighted by molar-refractivity contribution is 9.10. The van der Waals surface area contributed by atoms with Crippen LogP contribution in [0.2, 0.25) is 5.02 Å². The zero-order chi connectivity index (χ0) is 13.7. The summed E-state index contributed by atoms with van der Waals surface area (Å²) in [6.07, 6.45) is 1.77. The lowest BCUT2D eigenvalue weighted by Gasteiger charge is -2.06. The molecule has 0 fully saturated rings. The van der Waals surface area contributed by atoms with Crippen molar-refractivity contribution in [3.05, 3.63) is 45.5 Å². The van der Waals surface area contributed by atoms with Gasteiger partial charge in [-0.3, -0.25) is 0 Å². The summed E-state index contributed by atoms with van der Waals surface area (Å²) in [4.78, 5) is 8.66. The number of benzene rings is 1. The SMILES string of the molecule is CCNc1ncc(Br)c(SCc2ccc(Cl)cc2)n1. The molecule has 2 rings (SSSR count). The number of nitrogens with zero attached hydrogens (tertiary/aromatic N) is 2. The Morgan fingerprint density at radius 3 is 2.74 bits per heavy atom. The largest absolute Gasteiger partial charge is 0.354 e. The summed E-state index contributed by atoms with van der Waals surface area (Å²) in [5, 5.41) is 4.79. The second kappa shape index (κ2) is 7.12. The standard InChI is InChI=1S/C13H13BrClN3S/c1-2-16-13-17-7-11(14)12(18-13)19-8-9-3-5-10(15)6-4-9/h3-7H,2,8H2,1H3,(H,16,17,18). The molecule has 0 radical (unpaired) electrons.